The van der Waals surface area contributed by atoms with Gasteiger partial charge in [-0.1, -0.05) is 29.8 Å². The second-order valence-corrected chi connectivity index (χ2v) is 5.92. The van der Waals surface area contributed by atoms with Gasteiger partial charge in [0.05, 0.1) is 6.10 Å². The molecule has 0 amide bonds. The molecule has 0 bridgehead atoms. The number of nitrogens with zero attached hydrogens (tertiary/aromatic N) is 1. The Morgan fingerprint density at radius 1 is 1.47 bits per heavy atom. The van der Waals surface area contributed by atoms with Gasteiger partial charge in [-0.3, -0.25) is 4.90 Å². The second-order valence-electron chi connectivity index (χ2n) is 5.51. The molecule has 2 atom stereocenters. The largest absolute Gasteiger partial charge is 0.378 e. The van der Waals surface area contributed by atoms with Gasteiger partial charge in [-0.2, -0.15) is 0 Å². The van der Waals surface area contributed by atoms with E-state index < -0.39 is 0 Å². The summed E-state index contributed by atoms with van der Waals surface area (Å²) in [5, 5.41) is 0.821. The first kappa shape index (κ1) is 14.8. The average Bonchev–Trinajstić information content (AvgIpc) is 2.41. The smallest absolute Gasteiger partial charge is 0.0565 e. The van der Waals surface area contributed by atoms with Gasteiger partial charge in [0.1, 0.15) is 0 Å². The summed E-state index contributed by atoms with van der Waals surface area (Å²) in [6.07, 6.45) is 2.23. The molecule has 3 nitrogen and oxygen atoms in total. The summed E-state index contributed by atoms with van der Waals surface area (Å²) in [5.41, 5.74) is 7.24. The first-order chi connectivity index (χ1) is 9.07. The second kappa shape index (κ2) is 6.23. The van der Waals surface area contributed by atoms with E-state index in [4.69, 9.17) is 22.1 Å². The Balaban J connectivity index is 2.13. The SMILES string of the molecule is CC1CC(CN)(N(C)Cc2ccccc2Cl)CCO1. The van der Waals surface area contributed by atoms with Crippen molar-refractivity contribution in [1.29, 1.82) is 0 Å². The Bertz CT molecular complexity index is 426. The number of ether oxygens (including phenoxy) is 1. The molecule has 0 aliphatic carbocycles. The highest BCUT2D eigenvalue weighted by Crippen LogP contribution is 2.31. The first-order valence-electron chi connectivity index (χ1n) is 6.84. The molecule has 1 saturated heterocycles. The Morgan fingerprint density at radius 3 is 2.84 bits per heavy atom. The van der Waals surface area contributed by atoms with Crippen molar-refractivity contribution in [3.63, 3.8) is 0 Å². The number of benzene rings is 1. The third-order valence-electron chi connectivity index (χ3n) is 4.19. The summed E-state index contributed by atoms with van der Waals surface area (Å²) in [5.74, 6) is 0. The van der Waals surface area contributed by atoms with Crippen LogP contribution in [-0.4, -0.2) is 36.7 Å². The highest BCUT2D eigenvalue weighted by Gasteiger charge is 2.37. The zero-order valence-corrected chi connectivity index (χ0v) is 12.5. The standard InChI is InChI=1S/C15H23ClN2O/c1-12-9-15(11-17,7-8-19-12)18(2)10-13-5-3-4-6-14(13)16/h3-6,12H,7-11,17H2,1-2H3. The summed E-state index contributed by atoms with van der Waals surface area (Å²) >= 11 is 6.24. The van der Waals surface area contributed by atoms with Crippen LogP contribution in [0.5, 0.6) is 0 Å². The summed E-state index contributed by atoms with van der Waals surface area (Å²) in [7, 11) is 2.13. The fourth-order valence-corrected chi connectivity index (χ4v) is 3.08. The van der Waals surface area contributed by atoms with E-state index in [-0.39, 0.29) is 11.6 Å². The lowest BCUT2D eigenvalue weighted by molar-refractivity contribution is -0.0583. The van der Waals surface area contributed by atoms with Crippen LogP contribution in [0.3, 0.4) is 0 Å². The van der Waals surface area contributed by atoms with Crippen LogP contribution in [0.1, 0.15) is 25.3 Å². The number of halogens is 1. The normalized spacial score (nSPS) is 27.7. The highest BCUT2D eigenvalue weighted by molar-refractivity contribution is 6.31. The molecule has 1 fully saturated rings. The van der Waals surface area contributed by atoms with Gasteiger partial charge in [0.2, 0.25) is 0 Å². The summed E-state index contributed by atoms with van der Waals surface area (Å²) < 4.78 is 5.65. The van der Waals surface area contributed by atoms with Crippen molar-refractivity contribution in [3.05, 3.63) is 34.9 Å². The van der Waals surface area contributed by atoms with Crippen LogP contribution in [0.2, 0.25) is 5.02 Å². The molecular weight excluding hydrogens is 260 g/mol. The molecule has 2 rings (SSSR count). The molecule has 1 aromatic rings. The van der Waals surface area contributed by atoms with Crippen LogP contribution in [0.4, 0.5) is 0 Å². The van der Waals surface area contributed by atoms with Crippen molar-refractivity contribution in [2.24, 2.45) is 5.73 Å². The van der Waals surface area contributed by atoms with Crippen LogP contribution >= 0.6 is 11.6 Å². The highest BCUT2D eigenvalue weighted by atomic mass is 35.5. The molecule has 2 N–H and O–H groups in total. The van der Waals surface area contributed by atoms with Gasteiger partial charge in [-0.15, -0.1) is 0 Å². The molecule has 1 aliphatic heterocycles. The van der Waals surface area contributed by atoms with Gasteiger partial charge < -0.3 is 10.5 Å². The van der Waals surface area contributed by atoms with Gasteiger partial charge in [-0.05, 0) is 38.4 Å². The molecule has 1 aliphatic rings. The maximum atomic E-state index is 6.24. The number of nitrogens with two attached hydrogens (primary N) is 1. The molecule has 1 heterocycles. The zero-order chi connectivity index (χ0) is 13.9. The minimum absolute atomic E-state index is 0.0246. The molecule has 2 unspecified atom stereocenters. The van der Waals surface area contributed by atoms with Gasteiger partial charge in [0.15, 0.2) is 0 Å². The van der Waals surface area contributed by atoms with E-state index in [0.29, 0.717) is 6.54 Å². The fourth-order valence-electron chi connectivity index (χ4n) is 2.88. The van der Waals surface area contributed by atoms with Crippen molar-refractivity contribution >= 4 is 11.6 Å². The Labute approximate surface area is 120 Å². The predicted molar refractivity (Wildman–Crippen MR) is 79.4 cm³/mol. The maximum Gasteiger partial charge on any atom is 0.0565 e. The van der Waals surface area contributed by atoms with Gasteiger partial charge in [0, 0.05) is 30.3 Å². The zero-order valence-electron chi connectivity index (χ0n) is 11.7. The molecule has 0 radical (unpaired) electrons. The van der Waals surface area contributed by atoms with E-state index in [1.165, 1.54) is 0 Å². The van der Waals surface area contributed by atoms with E-state index >= 15 is 0 Å². The quantitative estimate of drug-likeness (QED) is 0.923. The van der Waals surface area contributed by atoms with E-state index in [9.17, 15) is 0 Å². The molecule has 106 valence electrons. The molecule has 4 heteroatoms. The third kappa shape index (κ3) is 3.29. The summed E-state index contributed by atoms with van der Waals surface area (Å²) in [6, 6.07) is 8.00. The topological polar surface area (TPSA) is 38.5 Å². The van der Waals surface area contributed by atoms with Crippen molar-refractivity contribution in [3.8, 4) is 0 Å². The summed E-state index contributed by atoms with van der Waals surface area (Å²) in [4.78, 5) is 2.34. The van der Waals surface area contributed by atoms with Crippen LogP contribution in [0.25, 0.3) is 0 Å². The molecule has 0 aromatic heterocycles. The van der Waals surface area contributed by atoms with Crippen molar-refractivity contribution < 1.29 is 4.74 Å². The average molecular weight is 283 g/mol. The van der Waals surface area contributed by atoms with Gasteiger partial charge >= 0.3 is 0 Å². The lowest BCUT2D eigenvalue weighted by atomic mass is 9.85. The third-order valence-corrected chi connectivity index (χ3v) is 4.56. The number of likely N-dealkylation sites (N-methyl/N-ethyl adjacent to an activating group) is 1. The van der Waals surface area contributed by atoms with Crippen molar-refractivity contribution in [2.75, 3.05) is 20.2 Å². The first-order valence-corrected chi connectivity index (χ1v) is 7.21. The molecule has 0 saturated carbocycles. The lowest BCUT2D eigenvalue weighted by Crippen LogP contribution is -2.56. The summed E-state index contributed by atoms with van der Waals surface area (Å²) in [6.45, 7) is 4.38. The van der Waals surface area contributed by atoms with Crippen LogP contribution in [-0.2, 0) is 11.3 Å². The van der Waals surface area contributed by atoms with Crippen LogP contribution in [0, 0.1) is 0 Å². The van der Waals surface area contributed by atoms with E-state index in [0.717, 1.165) is 36.6 Å². The van der Waals surface area contributed by atoms with Gasteiger partial charge in [0.25, 0.3) is 0 Å². The number of hydrogen-bond donors (Lipinski definition) is 1. The van der Waals surface area contributed by atoms with E-state index in [2.05, 4.69) is 24.9 Å². The van der Waals surface area contributed by atoms with Crippen molar-refractivity contribution in [2.45, 2.75) is 38.0 Å². The molecule has 1 aromatic carbocycles. The van der Waals surface area contributed by atoms with Gasteiger partial charge in [-0.25, -0.2) is 0 Å². The fraction of sp³-hybridized carbons (Fsp3) is 0.600. The maximum absolute atomic E-state index is 6.24. The Morgan fingerprint density at radius 2 is 2.21 bits per heavy atom. The molecule has 0 spiro atoms. The minimum atomic E-state index is 0.0246. The van der Waals surface area contributed by atoms with Crippen LogP contribution < -0.4 is 5.73 Å². The Hall–Kier alpha value is -0.610. The number of hydrogen-bond acceptors (Lipinski definition) is 3. The predicted octanol–water partition coefficient (Wildman–Crippen LogP) is 2.67. The monoisotopic (exact) mass is 282 g/mol. The Kier molecular flexibility index (Phi) is 4.85. The van der Waals surface area contributed by atoms with E-state index in [1.807, 2.05) is 18.2 Å². The number of rotatable bonds is 4. The molecular formula is C15H23ClN2O. The van der Waals surface area contributed by atoms with E-state index in [1.54, 1.807) is 0 Å². The molecule has 19 heavy (non-hydrogen) atoms. The lowest BCUT2D eigenvalue weighted by Gasteiger charge is -2.46. The minimum Gasteiger partial charge on any atom is -0.378 e. The van der Waals surface area contributed by atoms with Crippen LogP contribution in [0.15, 0.2) is 24.3 Å². The van der Waals surface area contributed by atoms with Crippen molar-refractivity contribution in [1.82, 2.24) is 4.90 Å².